The number of aliphatic hydroxyl groups is 1. The van der Waals surface area contributed by atoms with Crippen molar-refractivity contribution >= 4 is 21.8 Å². The van der Waals surface area contributed by atoms with Gasteiger partial charge in [0.15, 0.2) is 0 Å². The van der Waals surface area contributed by atoms with Gasteiger partial charge in [-0.05, 0) is 37.5 Å². The third-order valence-electron chi connectivity index (χ3n) is 3.18. The third kappa shape index (κ3) is 2.87. The van der Waals surface area contributed by atoms with Crippen LogP contribution in [0.3, 0.4) is 0 Å². The first kappa shape index (κ1) is 12.6. The van der Waals surface area contributed by atoms with Crippen LogP contribution in [0.25, 0.3) is 0 Å². The molecule has 0 unspecified atom stereocenters. The Morgan fingerprint density at radius 1 is 1.41 bits per heavy atom. The fraction of sp³-hybridized carbons (Fsp3) is 0.462. The normalized spacial score (nSPS) is 17.2. The summed E-state index contributed by atoms with van der Waals surface area (Å²) in [5.41, 5.74) is 1.74. The van der Waals surface area contributed by atoms with E-state index in [0.717, 1.165) is 15.6 Å². The van der Waals surface area contributed by atoms with E-state index in [0.29, 0.717) is 25.9 Å². The van der Waals surface area contributed by atoms with Gasteiger partial charge in [0.25, 0.3) is 5.91 Å². The second kappa shape index (κ2) is 5.19. The minimum atomic E-state index is -0.248. The van der Waals surface area contributed by atoms with Gasteiger partial charge in [-0.3, -0.25) is 4.79 Å². The van der Waals surface area contributed by atoms with E-state index in [1.54, 1.807) is 0 Å². The Kier molecular flexibility index (Phi) is 3.84. The number of rotatable bonds is 1. The van der Waals surface area contributed by atoms with Crippen molar-refractivity contribution in [2.75, 3.05) is 13.1 Å². The van der Waals surface area contributed by atoms with Crippen LogP contribution in [0.2, 0.25) is 0 Å². The number of piperidine rings is 1. The van der Waals surface area contributed by atoms with E-state index in [4.69, 9.17) is 0 Å². The molecule has 0 spiro atoms. The second-order valence-corrected chi connectivity index (χ2v) is 5.40. The van der Waals surface area contributed by atoms with Crippen LogP contribution in [0, 0.1) is 6.92 Å². The summed E-state index contributed by atoms with van der Waals surface area (Å²) in [6, 6.07) is 5.74. The number of benzene rings is 1. The van der Waals surface area contributed by atoms with E-state index in [2.05, 4.69) is 15.9 Å². The van der Waals surface area contributed by atoms with Gasteiger partial charge in [0.1, 0.15) is 0 Å². The maximum Gasteiger partial charge on any atom is 0.254 e. The van der Waals surface area contributed by atoms with Crippen LogP contribution in [-0.4, -0.2) is 35.1 Å². The highest BCUT2D eigenvalue weighted by molar-refractivity contribution is 9.10. The minimum absolute atomic E-state index is 0.0655. The Morgan fingerprint density at radius 2 is 2.06 bits per heavy atom. The Morgan fingerprint density at radius 3 is 2.71 bits per heavy atom. The molecular formula is C13H16BrNO2. The highest BCUT2D eigenvalue weighted by Crippen LogP contribution is 2.20. The topological polar surface area (TPSA) is 40.5 Å². The Hall–Kier alpha value is -0.870. The molecule has 1 amide bonds. The van der Waals surface area contributed by atoms with Crippen molar-refractivity contribution in [2.45, 2.75) is 25.9 Å². The Bertz CT molecular complexity index is 425. The maximum atomic E-state index is 12.3. The zero-order valence-corrected chi connectivity index (χ0v) is 11.4. The zero-order chi connectivity index (χ0) is 12.4. The molecule has 1 aliphatic heterocycles. The summed E-state index contributed by atoms with van der Waals surface area (Å²) in [5.74, 6) is 0.0655. The highest BCUT2D eigenvalue weighted by Gasteiger charge is 2.23. The van der Waals surface area contributed by atoms with Gasteiger partial charge < -0.3 is 10.0 Å². The molecule has 17 heavy (non-hydrogen) atoms. The quantitative estimate of drug-likeness (QED) is 0.864. The van der Waals surface area contributed by atoms with E-state index in [9.17, 15) is 9.90 Å². The van der Waals surface area contributed by atoms with Crippen molar-refractivity contribution < 1.29 is 9.90 Å². The Labute approximate surface area is 110 Å². The average Bonchev–Trinajstić information content (AvgIpc) is 2.32. The fourth-order valence-electron chi connectivity index (χ4n) is 2.06. The number of hydrogen-bond donors (Lipinski definition) is 1. The van der Waals surface area contributed by atoms with Crippen molar-refractivity contribution in [1.29, 1.82) is 0 Å². The molecule has 3 nitrogen and oxygen atoms in total. The molecule has 4 heteroatoms. The van der Waals surface area contributed by atoms with E-state index in [1.807, 2.05) is 30.0 Å². The van der Waals surface area contributed by atoms with Crippen LogP contribution in [-0.2, 0) is 0 Å². The molecule has 0 atom stereocenters. The second-order valence-electron chi connectivity index (χ2n) is 4.48. The van der Waals surface area contributed by atoms with Gasteiger partial charge in [-0.25, -0.2) is 0 Å². The van der Waals surface area contributed by atoms with Crippen molar-refractivity contribution in [2.24, 2.45) is 0 Å². The van der Waals surface area contributed by atoms with Gasteiger partial charge in [-0.15, -0.1) is 0 Å². The summed E-state index contributed by atoms with van der Waals surface area (Å²) in [4.78, 5) is 14.1. The fourth-order valence-corrected chi connectivity index (χ4v) is 2.43. The van der Waals surface area contributed by atoms with Crippen LogP contribution >= 0.6 is 15.9 Å². The molecule has 1 N–H and O–H groups in total. The lowest BCUT2D eigenvalue weighted by Crippen LogP contribution is -2.40. The van der Waals surface area contributed by atoms with Crippen LogP contribution in [0.4, 0.5) is 0 Å². The molecule has 1 aliphatic rings. The lowest BCUT2D eigenvalue weighted by atomic mass is 10.0. The van der Waals surface area contributed by atoms with Gasteiger partial charge in [-0.2, -0.15) is 0 Å². The van der Waals surface area contributed by atoms with Crippen LogP contribution in [0.15, 0.2) is 22.7 Å². The van der Waals surface area contributed by atoms with Crippen LogP contribution < -0.4 is 0 Å². The first-order valence-electron chi connectivity index (χ1n) is 5.81. The van der Waals surface area contributed by atoms with E-state index >= 15 is 0 Å². The molecule has 0 saturated carbocycles. The predicted molar refractivity (Wildman–Crippen MR) is 70.0 cm³/mol. The summed E-state index contributed by atoms with van der Waals surface area (Å²) in [7, 11) is 0. The van der Waals surface area contributed by atoms with E-state index in [-0.39, 0.29) is 12.0 Å². The molecule has 0 aliphatic carbocycles. The number of nitrogens with zero attached hydrogens (tertiary/aromatic N) is 1. The summed E-state index contributed by atoms with van der Waals surface area (Å²) in [6.45, 7) is 3.23. The molecule has 1 aromatic carbocycles. The van der Waals surface area contributed by atoms with Crippen LogP contribution in [0.1, 0.15) is 28.8 Å². The molecule has 2 rings (SSSR count). The number of halogens is 1. The molecule has 0 aromatic heterocycles. The first-order chi connectivity index (χ1) is 8.08. The lowest BCUT2D eigenvalue weighted by Gasteiger charge is -2.30. The van der Waals surface area contributed by atoms with E-state index < -0.39 is 0 Å². The molecule has 0 radical (unpaired) electrons. The van der Waals surface area contributed by atoms with Gasteiger partial charge in [0, 0.05) is 23.1 Å². The molecule has 0 bridgehead atoms. The van der Waals surface area contributed by atoms with Crippen LogP contribution in [0.5, 0.6) is 0 Å². The van der Waals surface area contributed by atoms with Crippen molar-refractivity contribution in [3.8, 4) is 0 Å². The van der Waals surface area contributed by atoms with E-state index in [1.165, 1.54) is 0 Å². The Balaban J connectivity index is 2.16. The number of aryl methyl sites for hydroxylation is 1. The lowest BCUT2D eigenvalue weighted by molar-refractivity contribution is 0.0546. The number of carbonyl (C=O) groups excluding carboxylic acids is 1. The summed E-state index contributed by atoms with van der Waals surface area (Å²) >= 11 is 3.39. The van der Waals surface area contributed by atoms with Gasteiger partial charge in [-0.1, -0.05) is 22.0 Å². The highest BCUT2D eigenvalue weighted by atomic mass is 79.9. The summed E-state index contributed by atoms with van der Waals surface area (Å²) in [6.07, 6.45) is 1.11. The van der Waals surface area contributed by atoms with Gasteiger partial charge in [0.2, 0.25) is 0 Å². The number of carbonyl (C=O) groups is 1. The minimum Gasteiger partial charge on any atom is -0.393 e. The van der Waals surface area contributed by atoms with Gasteiger partial charge in [0.05, 0.1) is 6.10 Å². The zero-order valence-electron chi connectivity index (χ0n) is 9.82. The molecule has 1 heterocycles. The average molecular weight is 298 g/mol. The summed E-state index contributed by atoms with van der Waals surface area (Å²) < 4.78 is 0.920. The van der Waals surface area contributed by atoms with Crippen molar-refractivity contribution in [3.05, 3.63) is 33.8 Å². The van der Waals surface area contributed by atoms with Gasteiger partial charge >= 0.3 is 0 Å². The number of aliphatic hydroxyl groups excluding tert-OH is 1. The maximum absolute atomic E-state index is 12.3. The monoisotopic (exact) mass is 297 g/mol. The standard InChI is InChI=1S/C13H16BrNO2/c1-9-2-3-10(14)8-12(9)13(17)15-6-4-11(16)5-7-15/h2-3,8,11,16H,4-7H2,1H3. The number of likely N-dealkylation sites (tertiary alicyclic amines) is 1. The predicted octanol–water partition coefficient (Wildman–Crippen LogP) is 2.35. The molecule has 1 saturated heterocycles. The SMILES string of the molecule is Cc1ccc(Br)cc1C(=O)N1CCC(O)CC1. The molecule has 1 aromatic rings. The number of hydrogen-bond acceptors (Lipinski definition) is 2. The molecular weight excluding hydrogens is 282 g/mol. The largest absolute Gasteiger partial charge is 0.393 e. The smallest absolute Gasteiger partial charge is 0.254 e. The van der Waals surface area contributed by atoms with Crippen molar-refractivity contribution in [1.82, 2.24) is 4.90 Å². The van der Waals surface area contributed by atoms with Crippen molar-refractivity contribution in [3.63, 3.8) is 0 Å². The molecule has 92 valence electrons. The molecule has 1 fully saturated rings. The summed E-state index contributed by atoms with van der Waals surface area (Å²) in [5, 5.41) is 9.43. The first-order valence-corrected chi connectivity index (χ1v) is 6.60. The number of amides is 1. The third-order valence-corrected chi connectivity index (χ3v) is 3.67.